The molecule has 5 rings (SSSR count). The van der Waals surface area contributed by atoms with Gasteiger partial charge in [0.25, 0.3) is 5.56 Å². The highest BCUT2D eigenvalue weighted by Crippen LogP contribution is 2.59. The number of H-pyrrole nitrogens is 1. The Morgan fingerprint density at radius 1 is 1.15 bits per heavy atom. The predicted molar refractivity (Wildman–Crippen MR) is 76.3 cm³/mol. The van der Waals surface area contributed by atoms with E-state index in [-0.39, 0.29) is 5.56 Å². The van der Waals surface area contributed by atoms with Crippen LogP contribution in [0.3, 0.4) is 0 Å². The summed E-state index contributed by atoms with van der Waals surface area (Å²) >= 11 is 0. The number of nitriles is 1. The van der Waals surface area contributed by atoms with Crippen LogP contribution in [0.5, 0.6) is 0 Å². The van der Waals surface area contributed by atoms with Crippen LogP contribution in [0.25, 0.3) is 0 Å². The van der Waals surface area contributed by atoms with Gasteiger partial charge in [0.15, 0.2) is 0 Å². The zero-order chi connectivity index (χ0) is 13.9. The van der Waals surface area contributed by atoms with Gasteiger partial charge in [-0.1, -0.05) is 0 Å². The van der Waals surface area contributed by atoms with E-state index in [4.69, 9.17) is 0 Å². The lowest BCUT2D eigenvalue weighted by Crippen LogP contribution is -2.44. The molecule has 104 valence electrons. The van der Waals surface area contributed by atoms with Crippen molar-refractivity contribution in [2.24, 2.45) is 23.7 Å². The fourth-order valence-electron chi connectivity index (χ4n) is 5.53. The summed E-state index contributed by atoms with van der Waals surface area (Å²) in [5.74, 6) is 3.71. The molecule has 0 aliphatic heterocycles. The van der Waals surface area contributed by atoms with Gasteiger partial charge in [0, 0.05) is 5.69 Å². The summed E-state index contributed by atoms with van der Waals surface area (Å²) in [6, 6.07) is 4.22. The second-order valence-corrected chi connectivity index (χ2v) is 7.18. The predicted octanol–water partition coefficient (Wildman–Crippen LogP) is 3.09. The average Bonchev–Trinajstić information content (AvgIpc) is 2.36. The molecule has 0 saturated heterocycles. The molecule has 0 aromatic carbocycles. The van der Waals surface area contributed by atoms with Gasteiger partial charge in [-0.25, -0.2) is 0 Å². The Morgan fingerprint density at radius 3 is 2.30 bits per heavy atom. The molecule has 4 aliphatic rings. The largest absolute Gasteiger partial charge is 0.325 e. The number of aromatic amines is 1. The van der Waals surface area contributed by atoms with Crippen molar-refractivity contribution in [1.82, 2.24) is 4.98 Å². The normalized spacial score (nSPS) is 37.9. The summed E-state index contributed by atoms with van der Waals surface area (Å²) in [5, 5.41) is 9.37. The SMILES string of the molecule is Cc1cc(C2C3CC4CC(C3)CC2C4)c(C#N)c(=O)[nH]1. The number of hydrogen-bond acceptors (Lipinski definition) is 2. The van der Waals surface area contributed by atoms with Crippen LogP contribution < -0.4 is 5.56 Å². The second kappa shape index (κ2) is 4.22. The van der Waals surface area contributed by atoms with Crippen LogP contribution in [0.1, 0.15) is 54.8 Å². The lowest BCUT2D eigenvalue weighted by Gasteiger charge is -2.54. The van der Waals surface area contributed by atoms with E-state index in [0.717, 1.165) is 23.1 Å². The first-order chi connectivity index (χ1) is 9.65. The summed E-state index contributed by atoms with van der Waals surface area (Å²) in [7, 11) is 0. The Balaban J connectivity index is 1.82. The van der Waals surface area contributed by atoms with E-state index in [9.17, 15) is 10.1 Å². The monoisotopic (exact) mass is 268 g/mol. The van der Waals surface area contributed by atoms with Crippen LogP contribution in [0.15, 0.2) is 10.9 Å². The number of nitrogens with one attached hydrogen (secondary N) is 1. The molecule has 1 aromatic heterocycles. The van der Waals surface area contributed by atoms with Crippen molar-refractivity contribution in [2.75, 3.05) is 0 Å². The first-order valence-corrected chi connectivity index (χ1v) is 7.79. The Labute approximate surface area is 119 Å². The van der Waals surface area contributed by atoms with Gasteiger partial charge in [-0.15, -0.1) is 0 Å². The third-order valence-corrected chi connectivity index (χ3v) is 5.90. The standard InChI is InChI=1S/C17H20N2O/c1-9-2-14(15(8-18)17(20)19-9)16-12-4-10-3-11(6-12)7-13(16)5-10/h2,10-13,16H,3-7H2,1H3,(H,19,20). The highest BCUT2D eigenvalue weighted by atomic mass is 16.1. The Bertz CT molecular complexity index is 624. The Hall–Kier alpha value is -1.56. The van der Waals surface area contributed by atoms with Gasteiger partial charge in [0.1, 0.15) is 11.6 Å². The highest BCUT2D eigenvalue weighted by Gasteiger charge is 2.49. The topological polar surface area (TPSA) is 56.6 Å². The maximum atomic E-state index is 12.0. The minimum atomic E-state index is -0.198. The molecular weight excluding hydrogens is 248 g/mol. The number of pyridine rings is 1. The highest BCUT2D eigenvalue weighted by molar-refractivity contribution is 5.40. The molecule has 0 amide bonds. The van der Waals surface area contributed by atoms with Crippen LogP contribution in [0, 0.1) is 41.9 Å². The van der Waals surface area contributed by atoms with Crippen molar-refractivity contribution in [1.29, 1.82) is 5.26 Å². The maximum Gasteiger partial charge on any atom is 0.266 e. The van der Waals surface area contributed by atoms with Crippen molar-refractivity contribution in [3.63, 3.8) is 0 Å². The Morgan fingerprint density at radius 2 is 1.75 bits per heavy atom. The zero-order valence-electron chi connectivity index (χ0n) is 11.9. The van der Waals surface area contributed by atoms with E-state index in [0.29, 0.717) is 23.3 Å². The Kier molecular flexibility index (Phi) is 2.57. The molecule has 4 bridgehead atoms. The molecule has 4 saturated carbocycles. The van der Waals surface area contributed by atoms with E-state index in [1.165, 1.54) is 32.1 Å². The average molecular weight is 268 g/mol. The molecular formula is C17H20N2O. The number of aryl methyl sites for hydroxylation is 1. The molecule has 0 atom stereocenters. The maximum absolute atomic E-state index is 12.0. The van der Waals surface area contributed by atoms with Gasteiger partial charge in [0.05, 0.1) is 0 Å². The minimum Gasteiger partial charge on any atom is -0.325 e. The molecule has 1 N–H and O–H groups in total. The lowest BCUT2D eigenvalue weighted by atomic mass is 9.50. The fraction of sp³-hybridized carbons (Fsp3) is 0.647. The third kappa shape index (κ3) is 1.67. The van der Waals surface area contributed by atoms with E-state index >= 15 is 0 Å². The van der Waals surface area contributed by atoms with E-state index < -0.39 is 0 Å². The quantitative estimate of drug-likeness (QED) is 0.851. The van der Waals surface area contributed by atoms with Crippen LogP contribution >= 0.6 is 0 Å². The molecule has 0 radical (unpaired) electrons. The summed E-state index contributed by atoms with van der Waals surface area (Å²) < 4.78 is 0. The smallest absolute Gasteiger partial charge is 0.266 e. The van der Waals surface area contributed by atoms with E-state index in [1.807, 2.05) is 6.92 Å². The number of hydrogen-bond donors (Lipinski definition) is 1. The van der Waals surface area contributed by atoms with Gasteiger partial charge < -0.3 is 4.98 Å². The van der Waals surface area contributed by atoms with Crippen molar-refractivity contribution in [3.05, 3.63) is 33.2 Å². The molecule has 3 heteroatoms. The minimum absolute atomic E-state index is 0.198. The molecule has 1 aromatic rings. The van der Waals surface area contributed by atoms with E-state index in [2.05, 4.69) is 17.1 Å². The molecule has 0 spiro atoms. The summed E-state index contributed by atoms with van der Waals surface area (Å²) in [4.78, 5) is 14.8. The summed E-state index contributed by atoms with van der Waals surface area (Å²) in [5.41, 5.74) is 2.10. The van der Waals surface area contributed by atoms with Gasteiger partial charge in [-0.05, 0) is 80.2 Å². The van der Waals surface area contributed by atoms with Crippen LogP contribution in [-0.4, -0.2) is 4.98 Å². The first-order valence-electron chi connectivity index (χ1n) is 7.79. The number of rotatable bonds is 1. The molecule has 20 heavy (non-hydrogen) atoms. The number of nitrogens with zero attached hydrogens (tertiary/aromatic N) is 1. The second-order valence-electron chi connectivity index (χ2n) is 7.18. The van der Waals surface area contributed by atoms with Crippen molar-refractivity contribution >= 4 is 0 Å². The van der Waals surface area contributed by atoms with Gasteiger partial charge in [-0.3, -0.25) is 4.79 Å². The first kappa shape index (κ1) is 12.2. The summed E-state index contributed by atoms with van der Waals surface area (Å²) in [6.07, 6.45) is 6.69. The van der Waals surface area contributed by atoms with Gasteiger partial charge >= 0.3 is 0 Å². The summed E-state index contributed by atoms with van der Waals surface area (Å²) in [6.45, 7) is 1.92. The molecule has 0 unspecified atom stereocenters. The molecule has 4 aliphatic carbocycles. The third-order valence-electron chi connectivity index (χ3n) is 5.90. The van der Waals surface area contributed by atoms with Crippen molar-refractivity contribution in [2.45, 2.75) is 44.9 Å². The van der Waals surface area contributed by atoms with Gasteiger partial charge in [-0.2, -0.15) is 5.26 Å². The van der Waals surface area contributed by atoms with Crippen molar-refractivity contribution < 1.29 is 0 Å². The van der Waals surface area contributed by atoms with Crippen molar-refractivity contribution in [3.8, 4) is 6.07 Å². The lowest BCUT2D eigenvalue weighted by molar-refractivity contribution is -0.00293. The van der Waals surface area contributed by atoms with Crippen LogP contribution in [0.4, 0.5) is 0 Å². The van der Waals surface area contributed by atoms with Crippen LogP contribution in [0.2, 0.25) is 0 Å². The zero-order valence-corrected chi connectivity index (χ0v) is 11.9. The number of aromatic nitrogens is 1. The molecule has 3 nitrogen and oxygen atoms in total. The van der Waals surface area contributed by atoms with Gasteiger partial charge in [0.2, 0.25) is 0 Å². The molecule has 4 fully saturated rings. The van der Waals surface area contributed by atoms with E-state index in [1.54, 1.807) is 0 Å². The fourth-order valence-corrected chi connectivity index (χ4v) is 5.53. The van der Waals surface area contributed by atoms with Crippen LogP contribution in [-0.2, 0) is 0 Å². The molecule has 1 heterocycles.